The average Bonchev–Trinajstić information content (AvgIpc) is 2.09. The smallest absolute Gasteiger partial charge is 0.0426 e. The Kier molecular flexibility index (Phi) is 4.06. The zero-order chi connectivity index (χ0) is 9.68. The van der Waals surface area contributed by atoms with Gasteiger partial charge in [0.15, 0.2) is 0 Å². The van der Waals surface area contributed by atoms with Gasteiger partial charge in [0, 0.05) is 10.7 Å². The number of halogens is 1. The molecule has 0 spiro atoms. The van der Waals surface area contributed by atoms with Crippen molar-refractivity contribution in [3.8, 4) is 0 Å². The second-order valence-corrected chi connectivity index (χ2v) is 3.49. The number of hydrogen-bond donors (Lipinski definition) is 2. The Hall–Kier alpha value is -0.730. The van der Waals surface area contributed by atoms with Crippen molar-refractivity contribution >= 4 is 17.3 Å². The molecule has 0 heterocycles. The molecule has 3 heteroatoms. The molecule has 0 bridgehead atoms. The number of anilines is 1. The highest BCUT2D eigenvalue weighted by molar-refractivity contribution is 6.30. The van der Waals surface area contributed by atoms with Crippen LogP contribution in [0.2, 0.25) is 5.02 Å². The predicted octanol–water partition coefficient (Wildman–Crippen LogP) is 2.07. The van der Waals surface area contributed by atoms with E-state index in [1.165, 1.54) is 5.56 Å². The summed E-state index contributed by atoms with van der Waals surface area (Å²) in [7, 11) is 1.95. The molecule has 0 fully saturated rings. The topological polar surface area (TPSA) is 38.0 Å². The van der Waals surface area contributed by atoms with Crippen LogP contribution in [-0.4, -0.2) is 13.6 Å². The van der Waals surface area contributed by atoms with Crippen LogP contribution in [0.3, 0.4) is 0 Å². The van der Waals surface area contributed by atoms with Gasteiger partial charge in [0.25, 0.3) is 0 Å². The summed E-state index contributed by atoms with van der Waals surface area (Å²) in [6.45, 7) is 1.02. The van der Waals surface area contributed by atoms with E-state index in [1.54, 1.807) is 6.07 Å². The number of aryl methyl sites for hydroxylation is 1. The van der Waals surface area contributed by atoms with E-state index in [9.17, 15) is 0 Å². The van der Waals surface area contributed by atoms with Crippen molar-refractivity contribution in [3.63, 3.8) is 0 Å². The van der Waals surface area contributed by atoms with Gasteiger partial charge >= 0.3 is 0 Å². The van der Waals surface area contributed by atoms with Gasteiger partial charge in [-0.2, -0.15) is 0 Å². The molecule has 2 nitrogen and oxygen atoms in total. The van der Waals surface area contributed by atoms with Crippen molar-refractivity contribution in [2.45, 2.75) is 12.8 Å². The highest BCUT2D eigenvalue weighted by atomic mass is 35.5. The first-order chi connectivity index (χ1) is 6.24. The summed E-state index contributed by atoms with van der Waals surface area (Å²) in [5, 5.41) is 3.81. The van der Waals surface area contributed by atoms with Crippen molar-refractivity contribution in [1.82, 2.24) is 5.32 Å². The fourth-order valence-corrected chi connectivity index (χ4v) is 1.43. The average molecular weight is 199 g/mol. The standard InChI is InChI=1S/C10H15ClN2/c1-13-6-2-3-8-4-5-9(11)7-10(8)12/h4-5,7,13H,2-3,6,12H2,1H3. The van der Waals surface area contributed by atoms with E-state index in [0.717, 1.165) is 25.1 Å². The molecular formula is C10H15ClN2. The van der Waals surface area contributed by atoms with Crippen molar-refractivity contribution < 1.29 is 0 Å². The van der Waals surface area contributed by atoms with Gasteiger partial charge < -0.3 is 11.1 Å². The Morgan fingerprint density at radius 1 is 1.46 bits per heavy atom. The lowest BCUT2D eigenvalue weighted by atomic mass is 10.1. The maximum absolute atomic E-state index is 5.80. The highest BCUT2D eigenvalue weighted by Crippen LogP contribution is 2.18. The maximum atomic E-state index is 5.80. The molecule has 0 aliphatic heterocycles. The Bertz CT molecular complexity index is 274. The molecule has 0 aromatic heterocycles. The van der Waals surface area contributed by atoms with Crippen LogP contribution in [0, 0.1) is 0 Å². The van der Waals surface area contributed by atoms with E-state index in [1.807, 2.05) is 19.2 Å². The molecule has 1 aromatic carbocycles. The molecule has 0 aliphatic carbocycles. The van der Waals surface area contributed by atoms with E-state index >= 15 is 0 Å². The van der Waals surface area contributed by atoms with Gasteiger partial charge in [0.1, 0.15) is 0 Å². The summed E-state index contributed by atoms with van der Waals surface area (Å²) in [6, 6.07) is 5.68. The van der Waals surface area contributed by atoms with Gasteiger partial charge in [0.05, 0.1) is 0 Å². The molecule has 0 saturated carbocycles. The molecule has 0 aliphatic rings. The minimum Gasteiger partial charge on any atom is -0.398 e. The zero-order valence-corrected chi connectivity index (χ0v) is 8.56. The second kappa shape index (κ2) is 5.10. The Balaban J connectivity index is 2.56. The summed E-state index contributed by atoms with van der Waals surface area (Å²) >= 11 is 5.79. The molecule has 3 N–H and O–H groups in total. The maximum Gasteiger partial charge on any atom is 0.0426 e. The summed E-state index contributed by atoms with van der Waals surface area (Å²) < 4.78 is 0. The first kappa shape index (κ1) is 10.4. The third-order valence-corrected chi connectivity index (χ3v) is 2.22. The number of benzene rings is 1. The van der Waals surface area contributed by atoms with Crippen LogP contribution < -0.4 is 11.1 Å². The van der Waals surface area contributed by atoms with Crippen molar-refractivity contribution in [2.75, 3.05) is 19.3 Å². The van der Waals surface area contributed by atoms with Gasteiger partial charge in [-0.05, 0) is 44.1 Å². The van der Waals surface area contributed by atoms with Gasteiger partial charge in [-0.1, -0.05) is 17.7 Å². The van der Waals surface area contributed by atoms with Crippen LogP contribution in [0.15, 0.2) is 18.2 Å². The fourth-order valence-electron chi connectivity index (χ4n) is 1.25. The Morgan fingerprint density at radius 2 is 2.23 bits per heavy atom. The first-order valence-electron chi connectivity index (χ1n) is 4.42. The zero-order valence-electron chi connectivity index (χ0n) is 7.81. The largest absolute Gasteiger partial charge is 0.398 e. The molecular weight excluding hydrogens is 184 g/mol. The van der Waals surface area contributed by atoms with E-state index in [0.29, 0.717) is 5.02 Å². The minimum atomic E-state index is 0.704. The van der Waals surface area contributed by atoms with E-state index < -0.39 is 0 Å². The normalized spacial score (nSPS) is 10.3. The van der Waals surface area contributed by atoms with Gasteiger partial charge in [-0.3, -0.25) is 0 Å². The fraction of sp³-hybridized carbons (Fsp3) is 0.400. The summed E-state index contributed by atoms with van der Waals surface area (Å²) in [4.78, 5) is 0. The number of hydrogen-bond acceptors (Lipinski definition) is 2. The third-order valence-electron chi connectivity index (χ3n) is 1.98. The minimum absolute atomic E-state index is 0.704. The lowest BCUT2D eigenvalue weighted by molar-refractivity contribution is 0.725. The van der Waals surface area contributed by atoms with Gasteiger partial charge in [-0.25, -0.2) is 0 Å². The molecule has 0 atom stereocenters. The predicted molar refractivity (Wildman–Crippen MR) is 58.1 cm³/mol. The van der Waals surface area contributed by atoms with Crippen molar-refractivity contribution in [3.05, 3.63) is 28.8 Å². The molecule has 72 valence electrons. The molecule has 0 amide bonds. The first-order valence-corrected chi connectivity index (χ1v) is 4.80. The number of rotatable bonds is 4. The SMILES string of the molecule is CNCCCc1ccc(Cl)cc1N. The summed E-state index contributed by atoms with van der Waals surface area (Å²) in [5.41, 5.74) is 7.77. The second-order valence-electron chi connectivity index (χ2n) is 3.05. The van der Waals surface area contributed by atoms with E-state index in [2.05, 4.69) is 5.32 Å². The number of nitrogens with one attached hydrogen (secondary N) is 1. The molecule has 13 heavy (non-hydrogen) atoms. The summed E-state index contributed by atoms with van der Waals surface area (Å²) in [5.74, 6) is 0. The van der Waals surface area contributed by atoms with Gasteiger partial charge in [0.2, 0.25) is 0 Å². The Labute approximate surface area is 84.1 Å². The monoisotopic (exact) mass is 198 g/mol. The Morgan fingerprint density at radius 3 is 2.85 bits per heavy atom. The molecule has 0 saturated heterocycles. The van der Waals surface area contributed by atoms with Crippen LogP contribution in [0.25, 0.3) is 0 Å². The van der Waals surface area contributed by atoms with Gasteiger partial charge in [-0.15, -0.1) is 0 Å². The van der Waals surface area contributed by atoms with Crippen LogP contribution in [0.4, 0.5) is 5.69 Å². The summed E-state index contributed by atoms with van der Waals surface area (Å²) in [6.07, 6.45) is 2.10. The number of nitrogens with two attached hydrogens (primary N) is 1. The van der Waals surface area contributed by atoms with Crippen LogP contribution >= 0.6 is 11.6 Å². The molecule has 0 unspecified atom stereocenters. The van der Waals surface area contributed by atoms with Crippen LogP contribution in [0.5, 0.6) is 0 Å². The molecule has 1 rings (SSSR count). The quantitative estimate of drug-likeness (QED) is 0.574. The van der Waals surface area contributed by atoms with Crippen LogP contribution in [0.1, 0.15) is 12.0 Å². The van der Waals surface area contributed by atoms with Crippen molar-refractivity contribution in [1.29, 1.82) is 0 Å². The third kappa shape index (κ3) is 3.25. The van der Waals surface area contributed by atoms with Crippen molar-refractivity contribution in [2.24, 2.45) is 0 Å². The lowest BCUT2D eigenvalue weighted by Gasteiger charge is -2.05. The highest BCUT2D eigenvalue weighted by Gasteiger charge is 1.98. The molecule has 1 aromatic rings. The van der Waals surface area contributed by atoms with E-state index in [4.69, 9.17) is 17.3 Å². The lowest BCUT2D eigenvalue weighted by Crippen LogP contribution is -2.08. The van der Waals surface area contributed by atoms with Crippen LogP contribution in [-0.2, 0) is 6.42 Å². The number of nitrogen functional groups attached to an aromatic ring is 1. The van der Waals surface area contributed by atoms with E-state index in [-0.39, 0.29) is 0 Å². The molecule has 0 radical (unpaired) electrons.